The molecule has 1 atom stereocenters. The van der Waals surface area contributed by atoms with Gasteiger partial charge in [0.15, 0.2) is 28.1 Å². The van der Waals surface area contributed by atoms with Crippen LogP contribution in [0.15, 0.2) is 47.6 Å². The molecule has 1 saturated heterocycles. The molecule has 1 N–H and O–H groups in total. The fourth-order valence-electron chi connectivity index (χ4n) is 4.84. The fourth-order valence-corrected chi connectivity index (χ4v) is 5.81. The molecular formula is C27H30N6O3S. The van der Waals surface area contributed by atoms with E-state index in [-0.39, 0.29) is 18.0 Å². The number of thioether (sulfide) groups is 1. The van der Waals surface area contributed by atoms with Crippen LogP contribution in [0.2, 0.25) is 0 Å². The Morgan fingerprint density at radius 1 is 1.08 bits per heavy atom. The van der Waals surface area contributed by atoms with Gasteiger partial charge in [-0.05, 0) is 56.6 Å². The molecule has 2 aromatic carbocycles. The predicted octanol–water partition coefficient (Wildman–Crippen LogP) is 4.54. The molecule has 0 bridgehead atoms. The number of amides is 1. The zero-order valence-electron chi connectivity index (χ0n) is 20.9. The normalized spacial score (nSPS) is 16.4. The van der Waals surface area contributed by atoms with Gasteiger partial charge in [0, 0.05) is 30.1 Å². The lowest BCUT2D eigenvalue weighted by Crippen LogP contribution is -2.31. The summed E-state index contributed by atoms with van der Waals surface area (Å²) in [6.07, 6.45) is 5.28. The Labute approximate surface area is 219 Å². The molecule has 0 spiro atoms. The van der Waals surface area contributed by atoms with Crippen LogP contribution in [-0.4, -0.2) is 62.1 Å². The molecule has 4 heterocycles. The number of rotatable bonds is 8. The number of anilines is 1. The second-order valence-corrected chi connectivity index (χ2v) is 10.6. The number of nitrogens with zero attached hydrogens (tertiary/aromatic N) is 5. The maximum atomic E-state index is 13.2. The summed E-state index contributed by atoms with van der Waals surface area (Å²) in [7, 11) is 0. The Morgan fingerprint density at radius 3 is 2.78 bits per heavy atom. The zero-order chi connectivity index (χ0) is 25.2. The molecule has 192 valence electrons. The average Bonchev–Trinajstić information content (AvgIpc) is 3.58. The van der Waals surface area contributed by atoms with Crippen LogP contribution in [0.3, 0.4) is 0 Å². The van der Waals surface area contributed by atoms with E-state index in [4.69, 9.17) is 24.5 Å². The van der Waals surface area contributed by atoms with E-state index < -0.39 is 0 Å². The van der Waals surface area contributed by atoms with Gasteiger partial charge in [0.25, 0.3) is 0 Å². The van der Waals surface area contributed by atoms with E-state index in [0.29, 0.717) is 28.8 Å². The Balaban J connectivity index is 1.25. The first kappa shape index (κ1) is 24.0. The average molecular weight is 519 g/mol. The third kappa shape index (κ3) is 5.08. The Morgan fingerprint density at radius 2 is 1.92 bits per heavy atom. The van der Waals surface area contributed by atoms with Gasteiger partial charge in [-0.25, -0.2) is 9.97 Å². The predicted molar refractivity (Wildman–Crippen MR) is 143 cm³/mol. The van der Waals surface area contributed by atoms with Gasteiger partial charge in [-0.3, -0.25) is 4.79 Å². The molecule has 0 saturated carbocycles. The first-order valence-electron chi connectivity index (χ1n) is 12.9. The molecule has 4 aromatic rings. The number of aromatic nitrogens is 4. The van der Waals surface area contributed by atoms with Gasteiger partial charge in [-0.1, -0.05) is 37.2 Å². The minimum absolute atomic E-state index is 0.0973. The van der Waals surface area contributed by atoms with Crippen LogP contribution in [0.1, 0.15) is 38.4 Å². The number of para-hydroxylation sites is 1. The first-order valence-corrected chi connectivity index (χ1v) is 13.8. The minimum Gasteiger partial charge on any atom is -0.454 e. The molecule has 6 rings (SSSR count). The number of carbonyl (C=O) groups excluding carboxylic acids is 1. The maximum absolute atomic E-state index is 13.2. The Kier molecular flexibility index (Phi) is 6.84. The van der Waals surface area contributed by atoms with Gasteiger partial charge in [0.1, 0.15) is 0 Å². The number of nitrogens with one attached hydrogen (secondary N) is 1. The number of likely N-dealkylation sites (tertiary alicyclic amines) is 1. The quantitative estimate of drug-likeness (QED) is 0.268. The molecule has 0 radical (unpaired) electrons. The molecule has 1 fully saturated rings. The molecule has 0 aliphatic carbocycles. The maximum Gasteiger partial charge on any atom is 0.237 e. The van der Waals surface area contributed by atoms with Gasteiger partial charge in [-0.15, -0.1) is 5.10 Å². The summed E-state index contributed by atoms with van der Waals surface area (Å²) in [5.41, 5.74) is 2.30. The van der Waals surface area contributed by atoms with Crippen LogP contribution in [0, 0.1) is 0 Å². The van der Waals surface area contributed by atoms with E-state index >= 15 is 0 Å². The van der Waals surface area contributed by atoms with E-state index in [1.165, 1.54) is 31.0 Å². The van der Waals surface area contributed by atoms with Gasteiger partial charge in [0.05, 0.1) is 10.8 Å². The Hall–Kier alpha value is -3.37. The van der Waals surface area contributed by atoms with Gasteiger partial charge >= 0.3 is 0 Å². The van der Waals surface area contributed by atoms with Crippen molar-refractivity contribution in [1.29, 1.82) is 0 Å². The van der Waals surface area contributed by atoms with Crippen molar-refractivity contribution in [3.8, 4) is 11.5 Å². The van der Waals surface area contributed by atoms with E-state index in [1.807, 2.05) is 41.8 Å². The van der Waals surface area contributed by atoms with Crippen LogP contribution < -0.4 is 14.8 Å². The van der Waals surface area contributed by atoms with Gasteiger partial charge in [-0.2, -0.15) is 4.52 Å². The van der Waals surface area contributed by atoms with E-state index in [2.05, 4.69) is 10.2 Å². The largest absolute Gasteiger partial charge is 0.454 e. The second kappa shape index (κ2) is 10.5. The minimum atomic E-state index is -0.358. The molecule has 2 aliphatic rings. The van der Waals surface area contributed by atoms with Crippen molar-refractivity contribution in [3.63, 3.8) is 0 Å². The number of ether oxygens (including phenoxy) is 2. The topological polar surface area (TPSA) is 93.9 Å². The first-order chi connectivity index (χ1) is 18.2. The van der Waals surface area contributed by atoms with E-state index in [9.17, 15) is 4.79 Å². The zero-order valence-corrected chi connectivity index (χ0v) is 21.7. The van der Waals surface area contributed by atoms with E-state index in [1.54, 1.807) is 12.1 Å². The van der Waals surface area contributed by atoms with Crippen LogP contribution in [0.25, 0.3) is 16.6 Å². The molecule has 9 nitrogen and oxygen atoms in total. The van der Waals surface area contributed by atoms with Crippen molar-refractivity contribution in [1.82, 2.24) is 24.5 Å². The smallest absolute Gasteiger partial charge is 0.237 e. The molecule has 10 heteroatoms. The van der Waals surface area contributed by atoms with Gasteiger partial charge < -0.3 is 19.7 Å². The summed E-state index contributed by atoms with van der Waals surface area (Å²) in [6, 6.07) is 13.4. The molecular weight excluding hydrogens is 488 g/mol. The number of hydrogen-bond donors (Lipinski definition) is 1. The van der Waals surface area contributed by atoms with Crippen molar-refractivity contribution in [2.24, 2.45) is 0 Å². The summed E-state index contributed by atoms with van der Waals surface area (Å²) in [5, 5.41) is 9.13. The van der Waals surface area contributed by atoms with Crippen LogP contribution in [0.5, 0.6) is 11.5 Å². The van der Waals surface area contributed by atoms with E-state index in [0.717, 1.165) is 48.4 Å². The summed E-state index contributed by atoms with van der Waals surface area (Å²) < 4.78 is 12.6. The van der Waals surface area contributed by atoms with Gasteiger partial charge in [0.2, 0.25) is 12.7 Å². The SMILES string of the molecule is CC[C@@H](Sc1nc2ccccc2c2nc(CCN3CCCCC3)nn12)C(=O)Nc1ccc2c(c1)OCO2. The summed E-state index contributed by atoms with van der Waals surface area (Å²) in [4.78, 5) is 25.5. The highest BCUT2D eigenvalue weighted by molar-refractivity contribution is 8.00. The number of piperidine rings is 1. The fraction of sp³-hybridized carbons (Fsp3) is 0.407. The highest BCUT2D eigenvalue weighted by Gasteiger charge is 2.24. The highest BCUT2D eigenvalue weighted by atomic mass is 32.2. The summed E-state index contributed by atoms with van der Waals surface area (Å²) >= 11 is 1.42. The summed E-state index contributed by atoms with van der Waals surface area (Å²) in [6.45, 7) is 5.45. The van der Waals surface area contributed by atoms with Crippen LogP contribution >= 0.6 is 11.8 Å². The summed E-state index contributed by atoms with van der Waals surface area (Å²) in [5.74, 6) is 2.03. The highest BCUT2D eigenvalue weighted by Crippen LogP contribution is 2.35. The standard InChI is InChI=1S/C27H30N6O3S/c1-2-23(26(34)28-18-10-11-21-22(16-18)36-17-35-21)37-27-29-20-9-5-4-8-19(20)25-30-24(31-33(25)27)12-15-32-13-6-3-7-14-32/h4-5,8-11,16,23H,2-3,6-7,12-15,17H2,1H3,(H,28,34)/t23-/m1/s1. The van der Waals surface area contributed by atoms with Crippen LogP contribution in [-0.2, 0) is 11.2 Å². The Bertz CT molecular complexity index is 1430. The number of fused-ring (bicyclic) bond motifs is 4. The molecule has 37 heavy (non-hydrogen) atoms. The van der Waals surface area contributed by atoms with Crippen molar-refractivity contribution < 1.29 is 14.3 Å². The van der Waals surface area contributed by atoms with Crippen molar-refractivity contribution in [3.05, 3.63) is 48.3 Å². The lowest BCUT2D eigenvalue weighted by atomic mass is 10.1. The van der Waals surface area contributed by atoms with Crippen LogP contribution in [0.4, 0.5) is 5.69 Å². The molecule has 2 aromatic heterocycles. The molecule has 2 aliphatic heterocycles. The van der Waals surface area contributed by atoms with Crippen molar-refractivity contribution in [2.45, 2.75) is 49.4 Å². The lowest BCUT2D eigenvalue weighted by Gasteiger charge is -2.25. The van der Waals surface area contributed by atoms with Crippen molar-refractivity contribution >= 4 is 39.9 Å². The molecule has 1 amide bonds. The number of benzene rings is 2. The number of hydrogen-bond acceptors (Lipinski definition) is 8. The molecule has 0 unspecified atom stereocenters. The monoisotopic (exact) mass is 518 g/mol. The third-order valence-corrected chi connectivity index (χ3v) is 8.15. The number of carbonyl (C=O) groups is 1. The second-order valence-electron chi connectivity index (χ2n) is 9.40. The lowest BCUT2D eigenvalue weighted by molar-refractivity contribution is -0.115. The van der Waals surface area contributed by atoms with Crippen molar-refractivity contribution in [2.75, 3.05) is 31.7 Å². The third-order valence-electron chi connectivity index (χ3n) is 6.84.